The van der Waals surface area contributed by atoms with Crippen LogP contribution in [0.4, 0.5) is 4.79 Å². The second-order valence-corrected chi connectivity index (χ2v) is 7.12. The number of hydroxylamine groups is 2. The van der Waals surface area contributed by atoms with Crippen LogP contribution in [-0.4, -0.2) is 33.7 Å². The van der Waals surface area contributed by atoms with E-state index in [0.717, 1.165) is 35.6 Å². The monoisotopic (exact) mass is 368 g/mol. The van der Waals surface area contributed by atoms with Gasteiger partial charge in [0.25, 0.3) is 0 Å². The van der Waals surface area contributed by atoms with Crippen LogP contribution in [0.25, 0.3) is 0 Å². The highest BCUT2D eigenvalue weighted by atomic mass is 16.7. The number of urea groups is 1. The van der Waals surface area contributed by atoms with Crippen LogP contribution in [0.1, 0.15) is 42.8 Å². The van der Waals surface area contributed by atoms with E-state index in [1.165, 1.54) is 5.06 Å². The summed E-state index contributed by atoms with van der Waals surface area (Å²) in [7, 11) is 0. The molecule has 1 aromatic carbocycles. The summed E-state index contributed by atoms with van der Waals surface area (Å²) in [5, 5.41) is 8.85. The zero-order valence-electron chi connectivity index (χ0n) is 15.4. The minimum absolute atomic E-state index is 0.0681. The Morgan fingerprint density at radius 2 is 2.19 bits per heavy atom. The van der Waals surface area contributed by atoms with Gasteiger partial charge >= 0.3 is 6.03 Å². The Morgan fingerprint density at radius 3 is 2.96 bits per heavy atom. The molecule has 1 N–H and O–H groups in total. The van der Waals surface area contributed by atoms with Crippen LogP contribution < -0.4 is 5.32 Å². The molecule has 2 atom stereocenters. The average molecular weight is 368 g/mol. The summed E-state index contributed by atoms with van der Waals surface area (Å²) in [4.78, 5) is 20.5. The number of carbonyl (C=O) groups is 1. The first-order valence-electron chi connectivity index (χ1n) is 9.23. The van der Waals surface area contributed by atoms with Gasteiger partial charge in [-0.1, -0.05) is 42.1 Å². The van der Waals surface area contributed by atoms with Gasteiger partial charge in [0.1, 0.15) is 12.3 Å². The maximum absolute atomic E-state index is 12.9. The summed E-state index contributed by atoms with van der Waals surface area (Å²) in [6, 6.07) is 11.7. The molecule has 2 aliphatic rings. The lowest BCUT2D eigenvalue weighted by molar-refractivity contribution is -0.140. The van der Waals surface area contributed by atoms with Gasteiger partial charge in [0, 0.05) is 18.3 Å². The van der Waals surface area contributed by atoms with Gasteiger partial charge < -0.3 is 14.7 Å². The summed E-state index contributed by atoms with van der Waals surface area (Å²) >= 11 is 0. The van der Waals surface area contributed by atoms with Gasteiger partial charge in [0.05, 0.1) is 18.6 Å². The van der Waals surface area contributed by atoms with Crippen molar-refractivity contribution in [3.05, 3.63) is 65.7 Å². The van der Waals surface area contributed by atoms with Gasteiger partial charge in [-0.05, 0) is 25.3 Å². The number of amides is 2. The molecule has 2 bridgehead atoms. The van der Waals surface area contributed by atoms with Crippen molar-refractivity contribution in [2.45, 2.75) is 45.0 Å². The summed E-state index contributed by atoms with van der Waals surface area (Å²) in [6.07, 6.45) is 1.73. The third-order valence-corrected chi connectivity index (χ3v) is 5.02. The fraction of sp³-hybridized carbons (Fsp3) is 0.400. The zero-order chi connectivity index (χ0) is 18.8. The molecule has 0 spiro atoms. The summed E-state index contributed by atoms with van der Waals surface area (Å²) < 4.78 is 5.41. The van der Waals surface area contributed by atoms with Crippen LogP contribution in [0.15, 0.2) is 53.2 Å². The minimum Gasteiger partial charge on any atom is -0.382 e. The molecule has 2 amide bonds. The number of fused-ring (bicyclic) bond motifs is 2. The molecule has 27 heavy (non-hydrogen) atoms. The molecule has 7 nitrogen and oxygen atoms in total. The highest BCUT2D eigenvalue weighted by Gasteiger charge is 2.46. The number of allylic oxidation sites excluding steroid dienone is 1. The van der Waals surface area contributed by atoms with E-state index in [0.29, 0.717) is 19.7 Å². The topological polar surface area (TPSA) is 70.8 Å². The largest absolute Gasteiger partial charge is 0.382 e. The van der Waals surface area contributed by atoms with Gasteiger partial charge in [0.15, 0.2) is 5.76 Å². The highest BCUT2D eigenvalue weighted by Crippen LogP contribution is 2.38. The molecule has 2 aliphatic heterocycles. The van der Waals surface area contributed by atoms with Gasteiger partial charge in [0.2, 0.25) is 0 Å². The van der Waals surface area contributed by atoms with Crippen molar-refractivity contribution in [2.75, 3.05) is 6.54 Å². The summed E-state index contributed by atoms with van der Waals surface area (Å²) in [5.41, 5.74) is 2.71. The van der Waals surface area contributed by atoms with E-state index < -0.39 is 0 Å². The number of carbonyl (C=O) groups excluding carboxylic acids is 1. The predicted molar refractivity (Wildman–Crippen MR) is 99.1 cm³/mol. The van der Waals surface area contributed by atoms with Crippen molar-refractivity contribution in [1.29, 1.82) is 0 Å². The Bertz CT molecular complexity index is 820. The maximum Gasteiger partial charge on any atom is 0.344 e. The van der Waals surface area contributed by atoms with Crippen LogP contribution in [-0.2, 0) is 18.0 Å². The Labute approximate surface area is 158 Å². The number of hydrogen-bond acceptors (Lipinski definition) is 5. The zero-order valence-corrected chi connectivity index (χ0v) is 15.4. The minimum atomic E-state index is -0.0944. The number of benzene rings is 1. The summed E-state index contributed by atoms with van der Waals surface area (Å²) in [6.45, 7) is 7.29. The van der Waals surface area contributed by atoms with E-state index >= 15 is 0 Å². The Hall–Kier alpha value is -2.80. The molecule has 1 aromatic heterocycles. The van der Waals surface area contributed by atoms with Crippen molar-refractivity contribution < 1.29 is 14.2 Å². The number of nitrogens with zero attached hydrogens (tertiary/aromatic N) is 3. The van der Waals surface area contributed by atoms with Crippen molar-refractivity contribution in [2.24, 2.45) is 0 Å². The SMILES string of the molecule is C=C(C)NCc1cc([C@@H]2CC[C@@H]3CN2C(=O)N3OCc2ccccc2)no1. The number of rotatable bonds is 7. The van der Waals surface area contributed by atoms with Gasteiger partial charge in [-0.25, -0.2) is 4.79 Å². The van der Waals surface area contributed by atoms with Crippen molar-refractivity contribution >= 4 is 6.03 Å². The van der Waals surface area contributed by atoms with Gasteiger partial charge in [-0.2, -0.15) is 5.06 Å². The lowest BCUT2D eigenvalue weighted by atomic mass is 9.98. The van der Waals surface area contributed by atoms with Crippen LogP contribution >= 0.6 is 0 Å². The van der Waals surface area contributed by atoms with Gasteiger partial charge in [-0.3, -0.25) is 4.84 Å². The number of nitrogens with one attached hydrogen (secondary N) is 1. The average Bonchev–Trinajstić information content (AvgIpc) is 3.24. The van der Waals surface area contributed by atoms with E-state index in [1.807, 2.05) is 48.2 Å². The van der Waals surface area contributed by atoms with Crippen LogP contribution in [0, 0.1) is 0 Å². The third kappa shape index (κ3) is 3.68. The predicted octanol–water partition coefficient (Wildman–Crippen LogP) is 3.37. The molecule has 0 saturated carbocycles. The first kappa shape index (κ1) is 17.6. The lowest BCUT2D eigenvalue weighted by Crippen LogP contribution is -2.34. The van der Waals surface area contributed by atoms with E-state index in [9.17, 15) is 4.79 Å². The lowest BCUT2D eigenvalue weighted by Gasteiger charge is -2.28. The molecule has 7 heteroatoms. The smallest absolute Gasteiger partial charge is 0.344 e. The Morgan fingerprint density at radius 1 is 1.37 bits per heavy atom. The van der Waals surface area contributed by atoms with Crippen LogP contribution in [0.2, 0.25) is 0 Å². The molecule has 2 aromatic rings. The maximum atomic E-state index is 12.9. The van der Waals surface area contributed by atoms with E-state index in [2.05, 4.69) is 17.1 Å². The van der Waals surface area contributed by atoms with Crippen molar-refractivity contribution in [1.82, 2.24) is 20.4 Å². The number of aromatic nitrogens is 1. The quantitative estimate of drug-likeness (QED) is 0.811. The first-order valence-corrected chi connectivity index (χ1v) is 9.23. The Kier molecular flexibility index (Phi) is 4.85. The van der Waals surface area contributed by atoms with E-state index in [1.54, 1.807) is 0 Å². The normalized spacial score (nSPS) is 21.6. The standard InChI is InChI=1S/C20H24N4O3/c1-14(2)21-11-17-10-18(22-27-17)19-9-8-16-12-23(19)20(25)24(16)26-13-15-6-4-3-5-7-15/h3-7,10,16,19,21H,1,8-9,11-13H2,2H3/t16-,19+/m1/s1. The van der Waals surface area contributed by atoms with E-state index in [-0.39, 0.29) is 18.1 Å². The van der Waals surface area contributed by atoms with Crippen molar-refractivity contribution in [3.63, 3.8) is 0 Å². The molecule has 0 unspecified atom stereocenters. The molecule has 3 heterocycles. The molecular weight excluding hydrogens is 344 g/mol. The molecular formula is C20H24N4O3. The third-order valence-electron chi connectivity index (χ3n) is 5.02. The number of hydrogen-bond donors (Lipinski definition) is 1. The van der Waals surface area contributed by atoms with Crippen LogP contribution in [0.5, 0.6) is 0 Å². The second-order valence-electron chi connectivity index (χ2n) is 7.12. The molecule has 4 rings (SSSR count). The first-order chi connectivity index (χ1) is 13.1. The van der Waals surface area contributed by atoms with Gasteiger partial charge in [-0.15, -0.1) is 0 Å². The molecule has 0 radical (unpaired) electrons. The Balaban J connectivity index is 1.41. The fourth-order valence-corrected chi connectivity index (χ4v) is 3.63. The highest BCUT2D eigenvalue weighted by molar-refractivity contribution is 5.77. The number of piperidine rings is 1. The fourth-order valence-electron chi connectivity index (χ4n) is 3.63. The van der Waals surface area contributed by atoms with Crippen LogP contribution in [0.3, 0.4) is 0 Å². The van der Waals surface area contributed by atoms with Crippen molar-refractivity contribution in [3.8, 4) is 0 Å². The molecule has 2 saturated heterocycles. The summed E-state index contributed by atoms with van der Waals surface area (Å²) in [5.74, 6) is 0.735. The van der Waals surface area contributed by atoms with E-state index in [4.69, 9.17) is 9.36 Å². The molecule has 142 valence electrons. The second kappa shape index (κ2) is 7.44. The molecule has 2 fully saturated rings. The molecule has 0 aliphatic carbocycles.